The lowest BCUT2D eigenvalue weighted by atomic mass is 9.84. The number of rotatable bonds is 8. The van der Waals surface area contributed by atoms with E-state index in [2.05, 4.69) is 9.72 Å². The van der Waals surface area contributed by atoms with Crippen molar-refractivity contribution in [3.05, 3.63) is 47.8 Å². The van der Waals surface area contributed by atoms with E-state index < -0.39 is 24.7 Å². The number of nitrogens with zero attached hydrogens (tertiary/aromatic N) is 2. The fourth-order valence-corrected chi connectivity index (χ4v) is 4.28. The molecule has 4 rings (SSSR count). The molecule has 0 saturated carbocycles. The van der Waals surface area contributed by atoms with E-state index in [0.717, 1.165) is 0 Å². The molecule has 1 amide bonds. The minimum Gasteiger partial charge on any atom is -0.495 e. The second-order valence-electron chi connectivity index (χ2n) is 7.87. The van der Waals surface area contributed by atoms with Gasteiger partial charge in [-0.2, -0.15) is 0 Å². The van der Waals surface area contributed by atoms with Gasteiger partial charge in [0, 0.05) is 24.7 Å². The average Bonchev–Trinajstić information content (AvgIpc) is 3.29. The number of piperidine rings is 1. The van der Waals surface area contributed by atoms with Gasteiger partial charge in [0.05, 0.1) is 27.4 Å². The Balaban J connectivity index is 1.45. The van der Waals surface area contributed by atoms with E-state index in [4.69, 9.17) is 23.7 Å². The highest BCUT2D eigenvalue weighted by molar-refractivity contribution is 5.95. The molecule has 0 aliphatic carbocycles. The van der Waals surface area contributed by atoms with Gasteiger partial charge < -0.3 is 28.6 Å². The number of aromatic nitrogens is 1. The molecule has 0 bridgehead atoms. The Morgan fingerprint density at radius 3 is 2.71 bits per heavy atom. The third kappa shape index (κ3) is 5.29. The fourth-order valence-electron chi connectivity index (χ4n) is 4.28. The van der Waals surface area contributed by atoms with Crippen LogP contribution < -0.4 is 14.2 Å². The van der Waals surface area contributed by atoms with Crippen molar-refractivity contribution in [2.75, 3.05) is 47.3 Å². The van der Waals surface area contributed by atoms with Crippen LogP contribution in [0.1, 0.15) is 22.5 Å². The number of likely N-dealkylation sites (tertiary alicyclic amines) is 1. The number of amides is 1. The predicted octanol–water partition coefficient (Wildman–Crippen LogP) is 3.13. The number of hydrogen-bond acceptors (Lipinski definition) is 8. The highest BCUT2D eigenvalue weighted by Gasteiger charge is 2.53. The van der Waals surface area contributed by atoms with Gasteiger partial charge in [0.25, 0.3) is 5.91 Å². The summed E-state index contributed by atoms with van der Waals surface area (Å²) in [5.74, 6) is 0.742. The maximum atomic E-state index is 13.3. The monoisotopic (exact) mass is 498 g/mol. The number of ether oxygens (including phenoxy) is 6. The van der Waals surface area contributed by atoms with Crippen molar-refractivity contribution in [3.63, 3.8) is 0 Å². The molecule has 1 aromatic heterocycles. The van der Waals surface area contributed by atoms with Crippen LogP contribution in [0.3, 0.4) is 0 Å². The molecule has 2 saturated heterocycles. The third-order valence-corrected chi connectivity index (χ3v) is 5.94. The summed E-state index contributed by atoms with van der Waals surface area (Å²) >= 11 is 0. The SMILES string of the molecule is COc1cc(C(=O)N2CC[C@]3(c4ncccc4OC)OCO[C@@H]3C2)ccc1OCCOC(F)(F)F. The van der Waals surface area contributed by atoms with Crippen molar-refractivity contribution in [2.24, 2.45) is 0 Å². The quantitative estimate of drug-likeness (QED) is 0.513. The summed E-state index contributed by atoms with van der Waals surface area (Å²) in [5.41, 5.74) is 0.148. The van der Waals surface area contributed by atoms with E-state index in [1.54, 1.807) is 30.3 Å². The van der Waals surface area contributed by atoms with E-state index in [-0.39, 0.29) is 37.4 Å². The number of fused-ring (bicyclic) bond motifs is 1. The summed E-state index contributed by atoms with van der Waals surface area (Å²) in [4.78, 5) is 19.4. The van der Waals surface area contributed by atoms with E-state index >= 15 is 0 Å². The molecule has 12 heteroatoms. The van der Waals surface area contributed by atoms with Gasteiger partial charge >= 0.3 is 6.36 Å². The van der Waals surface area contributed by atoms with Gasteiger partial charge in [-0.3, -0.25) is 14.5 Å². The van der Waals surface area contributed by atoms with Gasteiger partial charge in [-0.05, 0) is 30.3 Å². The van der Waals surface area contributed by atoms with Gasteiger partial charge in [-0.25, -0.2) is 0 Å². The van der Waals surface area contributed by atoms with Crippen LogP contribution in [0.25, 0.3) is 0 Å². The van der Waals surface area contributed by atoms with Crippen LogP contribution in [0.15, 0.2) is 36.5 Å². The molecule has 0 radical (unpaired) electrons. The molecular weight excluding hydrogens is 473 g/mol. The van der Waals surface area contributed by atoms with Crippen LogP contribution in [0.4, 0.5) is 13.2 Å². The number of carbonyl (C=O) groups is 1. The number of halogens is 3. The summed E-state index contributed by atoms with van der Waals surface area (Å²) < 4.78 is 67.9. The van der Waals surface area contributed by atoms with Crippen molar-refractivity contribution in [1.29, 1.82) is 0 Å². The average molecular weight is 498 g/mol. The van der Waals surface area contributed by atoms with Crippen LogP contribution in [-0.2, 0) is 19.8 Å². The molecule has 2 atom stereocenters. The molecular formula is C23H25F3N2O7. The van der Waals surface area contributed by atoms with Crippen LogP contribution in [0, 0.1) is 0 Å². The maximum Gasteiger partial charge on any atom is 0.522 e. The molecule has 0 N–H and O–H groups in total. The molecule has 3 heterocycles. The number of benzene rings is 1. The Kier molecular flexibility index (Phi) is 7.33. The van der Waals surface area contributed by atoms with Crippen molar-refractivity contribution in [2.45, 2.75) is 24.5 Å². The molecule has 2 aromatic rings. The summed E-state index contributed by atoms with van der Waals surface area (Å²) in [6, 6.07) is 8.06. The van der Waals surface area contributed by atoms with Gasteiger partial charge in [-0.15, -0.1) is 13.2 Å². The largest absolute Gasteiger partial charge is 0.522 e. The predicted molar refractivity (Wildman–Crippen MR) is 114 cm³/mol. The zero-order chi connectivity index (χ0) is 25.1. The first-order valence-electron chi connectivity index (χ1n) is 10.8. The van der Waals surface area contributed by atoms with Crippen LogP contribution in [0.2, 0.25) is 0 Å². The van der Waals surface area contributed by atoms with Crippen molar-refractivity contribution in [1.82, 2.24) is 9.88 Å². The highest BCUT2D eigenvalue weighted by Crippen LogP contribution is 2.45. The Morgan fingerprint density at radius 2 is 1.97 bits per heavy atom. The maximum absolute atomic E-state index is 13.3. The number of methoxy groups -OCH3 is 2. The van der Waals surface area contributed by atoms with Gasteiger partial charge in [0.15, 0.2) is 11.5 Å². The van der Waals surface area contributed by atoms with Crippen molar-refractivity contribution >= 4 is 5.91 Å². The molecule has 2 fully saturated rings. The van der Waals surface area contributed by atoms with E-state index in [0.29, 0.717) is 30.0 Å². The fraction of sp³-hybridized carbons (Fsp3) is 0.478. The lowest BCUT2D eigenvalue weighted by Gasteiger charge is -2.41. The second-order valence-corrected chi connectivity index (χ2v) is 7.87. The normalized spacial score (nSPS) is 22.0. The standard InChI is InChI=1S/C23H25F3N2O7/c1-30-17-4-3-8-27-20(17)22-7-9-28(13-19(22)33-14-35-22)21(29)15-5-6-16(18(12-15)31-2)32-10-11-34-23(24,25)26/h3-6,8,12,19H,7,9-11,13-14H2,1-2H3/t19-,22+/m1/s1. The van der Waals surface area contributed by atoms with Gasteiger partial charge in [0.2, 0.25) is 0 Å². The first-order valence-corrected chi connectivity index (χ1v) is 10.8. The van der Waals surface area contributed by atoms with Crippen molar-refractivity contribution < 1.29 is 46.4 Å². The minimum absolute atomic E-state index is 0.0737. The highest BCUT2D eigenvalue weighted by atomic mass is 19.4. The number of alkyl halides is 3. The molecule has 35 heavy (non-hydrogen) atoms. The first kappa shape index (κ1) is 25.0. The Hall–Kier alpha value is -3.09. The molecule has 9 nitrogen and oxygen atoms in total. The lowest BCUT2D eigenvalue weighted by molar-refractivity contribution is -0.325. The van der Waals surface area contributed by atoms with E-state index in [9.17, 15) is 18.0 Å². The Morgan fingerprint density at radius 1 is 1.17 bits per heavy atom. The Bertz CT molecular complexity index is 1050. The third-order valence-electron chi connectivity index (χ3n) is 5.94. The summed E-state index contributed by atoms with van der Waals surface area (Å²) in [6.45, 7) is -0.285. The number of carbonyl (C=O) groups excluding carboxylic acids is 1. The number of hydrogen-bond donors (Lipinski definition) is 0. The zero-order valence-corrected chi connectivity index (χ0v) is 19.2. The molecule has 190 valence electrons. The zero-order valence-electron chi connectivity index (χ0n) is 19.2. The van der Waals surface area contributed by atoms with Crippen molar-refractivity contribution in [3.8, 4) is 17.2 Å². The molecule has 1 aromatic carbocycles. The van der Waals surface area contributed by atoms with Crippen LogP contribution in [-0.4, -0.2) is 75.6 Å². The molecule has 2 aliphatic heterocycles. The van der Waals surface area contributed by atoms with Crippen LogP contribution in [0.5, 0.6) is 17.2 Å². The molecule has 0 spiro atoms. The smallest absolute Gasteiger partial charge is 0.495 e. The number of pyridine rings is 1. The summed E-state index contributed by atoms with van der Waals surface area (Å²) in [6.07, 6.45) is -3.06. The minimum atomic E-state index is -4.73. The van der Waals surface area contributed by atoms with Crippen LogP contribution >= 0.6 is 0 Å². The first-order chi connectivity index (χ1) is 16.8. The molecule has 0 unspecified atom stereocenters. The van der Waals surface area contributed by atoms with E-state index in [1.165, 1.54) is 25.3 Å². The molecule has 2 aliphatic rings. The Labute approximate surface area is 199 Å². The second kappa shape index (κ2) is 10.3. The summed E-state index contributed by atoms with van der Waals surface area (Å²) in [5, 5.41) is 0. The van der Waals surface area contributed by atoms with E-state index in [1.807, 2.05) is 0 Å². The summed E-state index contributed by atoms with van der Waals surface area (Å²) in [7, 11) is 2.94. The van der Waals surface area contributed by atoms with Gasteiger partial charge in [-0.1, -0.05) is 0 Å². The van der Waals surface area contributed by atoms with Gasteiger partial charge in [0.1, 0.15) is 36.5 Å². The lowest BCUT2D eigenvalue weighted by Crippen LogP contribution is -2.54. The topological polar surface area (TPSA) is 88.6 Å².